The van der Waals surface area contributed by atoms with Gasteiger partial charge >= 0.3 is 0 Å². The van der Waals surface area contributed by atoms with Gasteiger partial charge in [-0.3, -0.25) is 0 Å². The molecule has 0 amide bonds. The minimum atomic E-state index is -0.764. The summed E-state index contributed by atoms with van der Waals surface area (Å²) in [5.41, 5.74) is 0. The summed E-state index contributed by atoms with van der Waals surface area (Å²) in [6.07, 6.45) is 0. The van der Waals surface area contributed by atoms with Gasteiger partial charge in [-0.15, -0.1) is 0 Å². The summed E-state index contributed by atoms with van der Waals surface area (Å²) in [6.45, 7) is 0. The average Bonchev–Trinajstić information content (AvgIpc) is 2.56. The third kappa shape index (κ3) is 3.24. The molecule has 0 spiro atoms. The Hall–Kier alpha value is -1.88. The van der Waals surface area contributed by atoms with Crippen molar-refractivity contribution in [2.24, 2.45) is 0 Å². The molecular formula is C16H18FO3S+. The van der Waals surface area contributed by atoms with Crippen LogP contribution < -0.4 is 14.2 Å². The molecule has 0 N–H and O–H groups in total. The van der Waals surface area contributed by atoms with Crippen LogP contribution in [0.3, 0.4) is 0 Å². The number of ether oxygens (including phenoxy) is 3. The van der Waals surface area contributed by atoms with E-state index in [-0.39, 0.29) is 0 Å². The third-order valence-corrected chi connectivity index (χ3v) is 5.01. The van der Waals surface area contributed by atoms with Gasteiger partial charge in [0.2, 0.25) is 4.90 Å². The van der Waals surface area contributed by atoms with E-state index in [4.69, 9.17) is 14.2 Å². The van der Waals surface area contributed by atoms with Crippen LogP contribution in [0.15, 0.2) is 52.3 Å². The molecule has 0 saturated carbocycles. The molecule has 0 aliphatic rings. The molecule has 2 aromatic carbocycles. The topological polar surface area (TPSA) is 27.7 Å². The normalized spacial score (nSPS) is 11.8. The lowest BCUT2D eigenvalue weighted by Gasteiger charge is -2.14. The molecular weight excluding hydrogens is 291 g/mol. The second-order valence-corrected chi connectivity index (χ2v) is 6.05. The molecule has 0 saturated heterocycles. The number of hydrogen-bond donors (Lipinski definition) is 0. The van der Waals surface area contributed by atoms with Crippen LogP contribution in [0.25, 0.3) is 0 Å². The van der Waals surface area contributed by atoms with Gasteiger partial charge in [0.05, 0.1) is 21.3 Å². The van der Waals surface area contributed by atoms with Gasteiger partial charge in [-0.1, -0.05) is 18.2 Å². The van der Waals surface area contributed by atoms with Crippen LogP contribution in [0.1, 0.15) is 0 Å². The first-order valence-electron chi connectivity index (χ1n) is 6.37. The van der Waals surface area contributed by atoms with Crippen LogP contribution in [0.5, 0.6) is 17.2 Å². The van der Waals surface area contributed by atoms with Crippen LogP contribution in [0.4, 0.5) is 4.39 Å². The maximum Gasteiger partial charge on any atom is 0.256 e. The molecule has 2 rings (SSSR count). The molecule has 21 heavy (non-hydrogen) atoms. The smallest absolute Gasteiger partial charge is 0.256 e. The number of hydrogen-bond acceptors (Lipinski definition) is 3. The Labute approximate surface area is 127 Å². The number of alkyl halides is 1. The van der Waals surface area contributed by atoms with Crippen LogP contribution in [0, 0.1) is 0 Å². The molecule has 0 fully saturated rings. The van der Waals surface area contributed by atoms with Crippen LogP contribution >= 0.6 is 0 Å². The lowest BCUT2D eigenvalue weighted by atomic mass is 10.3. The van der Waals surface area contributed by atoms with E-state index in [0.717, 1.165) is 9.79 Å². The van der Waals surface area contributed by atoms with Crippen molar-refractivity contribution in [3.05, 3.63) is 42.5 Å². The zero-order valence-corrected chi connectivity index (χ0v) is 13.1. The van der Waals surface area contributed by atoms with E-state index in [9.17, 15) is 4.39 Å². The molecule has 5 heteroatoms. The minimum Gasteiger partial charge on any atom is -0.496 e. The molecule has 2 aromatic rings. The number of halogens is 1. The molecule has 1 atom stereocenters. The number of rotatable bonds is 6. The summed E-state index contributed by atoms with van der Waals surface area (Å²) in [6, 6.07) is 12.5. The van der Waals surface area contributed by atoms with Crippen molar-refractivity contribution >= 4 is 10.9 Å². The average molecular weight is 309 g/mol. The fourth-order valence-corrected chi connectivity index (χ4v) is 3.76. The van der Waals surface area contributed by atoms with Gasteiger partial charge in [-0.25, -0.2) is 0 Å². The van der Waals surface area contributed by atoms with Crippen molar-refractivity contribution in [3.63, 3.8) is 0 Å². The molecule has 0 aliphatic heterocycles. The van der Waals surface area contributed by atoms with Gasteiger partial charge in [0.15, 0.2) is 16.4 Å². The second-order valence-electron chi connectivity index (χ2n) is 4.17. The molecule has 1 unspecified atom stereocenters. The molecule has 112 valence electrons. The highest BCUT2D eigenvalue weighted by Crippen LogP contribution is 2.41. The summed E-state index contributed by atoms with van der Waals surface area (Å²) < 4.78 is 29.8. The standard InChI is InChI=1S/C16H18FO3S/c1-18-12-9-14(19-2)16(15(10-12)20-3)21(11-17)13-7-5-4-6-8-13/h4-10H,11H2,1-3H3/q+1. The van der Waals surface area contributed by atoms with E-state index in [1.54, 1.807) is 33.5 Å². The molecule has 0 radical (unpaired) electrons. The SMILES string of the molecule is COc1cc(OC)c([S+](CF)c2ccccc2)c(OC)c1. The summed E-state index contributed by atoms with van der Waals surface area (Å²) in [5.74, 6) is 1.75. The van der Waals surface area contributed by atoms with Crippen molar-refractivity contribution < 1.29 is 18.6 Å². The van der Waals surface area contributed by atoms with Gasteiger partial charge in [0.1, 0.15) is 16.6 Å². The third-order valence-electron chi connectivity index (χ3n) is 3.05. The fourth-order valence-electron chi connectivity index (χ4n) is 2.04. The molecule has 0 bridgehead atoms. The van der Waals surface area contributed by atoms with E-state index in [2.05, 4.69) is 0 Å². The quantitative estimate of drug-likeness (QED) is 0.762. The maximum atomic E-state index is 13.7. The Morgan fingerprint density at radius 3 is 1.90 bits per heavy atom. The van der Waals surface area contributed by atoms with Crippen LogP contribution in [-0.2, 0) is 10.9 Å². The maximum absolute atomic E-state index is 13.7. The van der Waals surface area contributed by atoms with Crippen molar-refractivity contribution in [1.82, 2.24) is 0 Å². The van der Waals surface area contributed by atoms with E-state index in [0.29, 0.717) is 17.2 Å². The predicted octanol–water partition coefficient (Wildman–Crippen LogP) is 3.68. The highest BCUT2D eigenvalue weighted by molar-refractivity contribution is 7.97. The Bertz CT molecular complexity index is 564. The van der Waals surface area contributed by atoms with E-state index in [1.165, 1.54) is 0 Å². The first kappa shape index (κ1) is 15.5. The highest BCUT2D eigenvalue weighted by atomic mass is 32.2. The van der Waals surface area contributed by atoms with Gasteiger partial charge in [-0.05, 0) is 12.1 Å². The van der Waals surface area contributed by atoms with Crippen molar-refractivity contribution in [1.29, 1.82) is 0 Å². The molecule has 0 heterocycles. The monoisotopic (exact) mass is 309 g/mol. The summed E-state index contributed by atoms with van der Waals surface area (Å²) >= 11 is 0. The van der Waals surface area contributed by atoms with Gasteiger partial charge in [0, 0.05) is 12.1 Å². The summed E-state index contributed by atoms with van der Waals surface area (Å²) in [7, 11) is 3.92. The zero-order valence-electron chi connectivity index (χ0n) is 12.3. The predicted molar refractivity (Wildman–Crippen MR) is 82.4 cm³/mol. The van der Waals surface area contributed by atoms with E-state index in [1.807, 2.05) is 30.3 Å². The Morgan fingerprint density at radius 2 is 1.48 bits per heavy atom. The first-order chi connectivity index (χ1) is 10.2. The van der Waals surface area contributed by atoms with Crippen molar-refractivity contribution in [3.8, 4) is 17.2 Å². The molecule has 0 aliphatic carbocycles. The van der Waals surface area contributed by atoms with Crippen LogP contribution in [-0.4, -0.2) is 27.3 Å². The van der Waals surface area contributed by atoms with E-state index < -0.39 is 16.9 Å². The molecule has 0 aromatic heterocycles. The van der Waals surface area contributed by atoms with E-state index >= 15 is 0 Å². The highest BCUT2D eigenvalue weighted by Gasteiger charge is 2.34. The largest absolute Gasteiger partial charge is 0.496 e. The van der Waals surface area contributed by atoms with Gasteiger partial charge in [-0.2, -0.15) is 4.39 Å². The lowest BCUT2D eigenvalue weighted by Crippen LogP contribution is -2.09. The Kier molecular flexibility index (Phi) is 5.33. The molecule has 3 nitrogen and oxygen atoms in total. The Morgan fingerprint density at radius 1 is 0.905 bits per heavy atom. The zero-order chi connectivity index (χ0) is 15.2. The second kappa shape index (κ2) is 7.22. The van der Waals surface area contributed by atoms with Crippen molar-refractivity contribution in [2.75, 3.05) is 27.3 Å². The number of benzene rings is 2. The van der Waals surface area contributed by atoms with Crippen molar-refractivity contribution in [2.45, 2.75) is 9.79 Å². The summed E-state index contributed by atoms with van der Waals surface area (Å²) in [4.78, 5) is 1.62. The lowest BCUT2D eigenvalue weighted by molar-refractivity contribution is 0.360. The van der Waals surface area contributed by atoms with Gasteiger partial charge < -0.3 is 14.2 Å². The van der Waals surface area contributed by atoms with Gasteiger partial charge in [0.25, 0.3) is 6.01 Å². The Balaban J connectivity index is 2.59. The van der Waals surface area contributed by atoms with Crippen LogP contribution in [0.2, 0.25) is 0 Å². The first-order valence-corrected chi connectivity index (χ1v) is 7.76. The fraction of sp³-hybridized carbons (Fsp3) is 0.250. The minimum absolute atomic E-state index is 0.511. The summed E-state index contributed by atoms with van der Waals surface area (Å²) in [5, 5.41) is 0. The number of methoxy groups -OCH3 is 3.